The van der Waals surface area contributed by atoms with E-state index in [1.165, 1.54) is 12.1 Å². The van der Waals surface area contributed by atoms with E-state index >= 15 is 0 Å². The summed E-state index contributed by atoms with van der Waals surface area (Å²) in [5.41, 5.74) is 2.00. The van der Waals surface area contributed by atoms with Crippen LogP contribution in [0.15, 0.2) is 29.4 Å². The van der Waals surface area contributed by atoms with Crippen molar-refractivity contribution in [1.82, 2.24) is 19.9 Å². The van der Waals surface area contributed by atoms with Crippen LogP contribution in [0.1, 0.15) is 20.8 Å². The lowest BCUT2D eigenvalue weighted by atomic mass is 9.89. The minimum Gasteiger partial charge on any atom is -0.391 e. The summed E-state index contributed by atoms with van der Waals surface area (Å²) in [6, 6.07) is 3.91. The molecule has 4 rings (SSSR count). The minimum atomic E-state index is -0.754. The Bertz CT molecular complexity index is 1290. The Morgan fingerprint density at radius 2 is 2.09 bits per heavy atom. The summed E-state index contributed by atoms with van der Waals surface area (Å²) in [5, 5.41) is 18.8. The van der Waals surface area contributed by atoms with Crippen LogP contribution in [-0.4, -0.2) is 51.9 Å². The maximum atomic E-state index is 14.7. The van der Waals surface area contributed by atoms with Gasteiger partial charge < -0.3 is 25.6 Å². The summed E-state index contributed by atoms with van der Waals surface area (Å²) >= 11 is 6.44. The van der Waals surface area contributed by atoms with Gasteiger partial charge in [-0.05, 0) is 23.6 Å². The van der Waals surface area contributed by atoms with Gasteiger partial charge in [0.1, 0.15) is 17.5 Å². The highest BCUT2D eigenvalue weighted by Crippen LogP contribution is 2.41. The van der Waals surface area contributed by atoms with Crippen LogP contribution in [0, 0.1) is 11.2 Å². The number of carbonyl (C=O) groups excluding carboxylic acids is 1. The number of fused-ring (bicyclic) bond motifs is 3. The van der Waals surface area contributed by atoms with Gasteiger partial charge in [-0.25, -0.2) is 14.2 Å². The molecule has 9 nitrogen and oxygen atoms in total. The Balaban J connectivity index is 0.00000342. The van der Waals surface area contributed by atoms with Crippen LogP contribution in [0.4, 0.5) is 20.7 Å². The number of aromatic nitrogens is 3. The lowest BCUT2D eigenvalue weighted by molar-refractivity contribution is 0.0654. The minimum absolute atomic E-state index is 0. The molecule has 1 unspecified atom stereocenters. The molecule has 4 N–H and O–H groups in total. The highest BCUT2D eigenvalue weighted by molar-refractivity contribution is 6.33. The molecule has 0 spiro atoms. The summed E-state index contributed by atoms with van der Waals surface area (Å²) < 4.78 is 16.7. The third-order valence-corrected chi connectivity index (χ3v) is 6.06. The molecule has 0 fully saturated rings. The summed E-state index contributed by atoms with van der Waals surface area (Å²) in [5.74, 6) is 0.842. The third-order valence-electron chi connectivity index (χ3n) is 5.74. The van der Waals surface area contributed by atoms with Gasteiger partial charge in [-0.2, -0.15) is 4.98 Å². The van der Waals surface area contributed by atoms with E-state index in [1.807, 2.05) is 31.4 Å². The van der Waals surface area contributed by atoms with Gasteiger partial charge >= 0.3 is 6.03 Å². The van der Waals surface area contributed by atoms with Gasteiger partial charge in [-0.1, -0.05) is 32.4 Å². The molecule has 188 valence electrons. The van der Waals surface area contributed by atoms with Crippen molar-refractivity contribution in [3.8, 4) is 22.5 Å². The number of hydrogen-bond donors (Lipinski definition) is 4. The second-order valence-corrected chi connectivity index (χ2v) is 9.59. The highest BCUT2D eigenvalue weighted by Gasteiger charge is 2.25. The summed E-state index contributed by atoms with van der Waals surface area (Å²) in [7, 11) is 1.63. The fraction of sp³-hybridized carbons (Fsp3) is 0.391. The van der Waals surface area contributed by atoms with Gasteiger partial charge in [0.15, 0.2) is 0 Å². The number of urea groups is 1. The number of hydrogen-bond acceptors (Lipinski definition) is 6. The number of pyridine rings is 1. The van der Waals surface area contributed by atoms with E-state index in [1.54, 1.807) is 13.2 Å². The van der Waals surface area contributed by atoms with Gasteiger partial charge in [0.25, 0.3) is 0 Å². The Morgan fingerprint density at radius 1 is 1.34 bits per heavy atom. The van der Waals surface area contributed by atoms with Gasteiger partial charge in [-0.15, -0.1) is 12.4 Å². The van der Waals surface area contributed by atoms with Crippen molar-refractivity contribution >= 4 is 41.5 Å². The highest BCUT2D eigenvalue weighted by atomic mass is 35.5. The number of aliphatic hydroxyl groups is 1. The first kappa shape index (κ1) is 26.7. The van der Waals surface area contributed by atoms with Crippen LogP contribution in [0.3, 0.4) is 0 Å². The van der Waals surface area contributed by atoms with E-state index in [0.717, 1.165) is 22.8 Å². The Labute approximate surface area is 213 Å². The second kappa shape index (κ2) is 10.3. The van der Waals surface area contributed by atoms with Crippen LogP contribution in [-0.2, 0) is 6.54 Å². The summed E-state index contributed by atoms with van der Waals surface area (Å²) in [6.45, 7) is 6.99. The monoisotopic (exact) mass is 523 g/mol. The first-order valence-electron chi connectivity index (χ1n) is 10.9. The summed E-state index contributed by atoms with van der Waals surface area (Å²) in [6.07, 6.45) is 0.931. The smallest absolute Gasteiger partial charge is 0.319 e. The standard InChI is InChI=1S/C23H27ClFN7O2.ClH/c1-23(2,3)18(33)11-29-22(34)30-17-8-13(15(24)9-16(17)25)14-7-12-10-28-21(26-4)31-19(12)32-6-5-27-20(14)32;/h7-10,18,27,33H,5-6,11H2,1-4H3,(H2,29,30,34);1H. The van der Waals surface area contributed by atoms with E-state index < -0.39 is 23.4 Å². The van der Waals surface area contributed by atoms with Crippen LogP contribution >= 0.6 is 24.0 Å². The maximum Gasteiger partial charge on any atom is 0.319 e. The topological polar surface area (TPSA) is 116 Å². The van der Waals surface area contributed by atoms with Crippen molar-refractivity contribution < 1.29 is 14.3 Å². The molecular formula is C23H28Cl2FN7O2. The molecule has 1 aromatic carbocycles. The number of benzene rings is 1. The largest absolute Gasteiger partial charge is 0.391 e. The average molecular weight is 524 g/mol. The van der Waals surface area contributed by atoms with Crippen LogP contribution in [0.25, 0.3) is 22.5 Å². The number of nitrogens with one attached hydrogen (secondary N) is 3. The first-order chi connectivity index (χ1) is 16.1. The molecule has 0 radical (unpaired) electrons. The van der Waals surface area contributed by atoms with Crippen molar-refractivity contribution in [2.24, 2.45) is 10.4 Å². The lowest BCUT2D eigenvalue weighted by Gasteiger charge is -2.26. The number of rotatable bonds is 4. The molecule has 0 saturated carbocycles. The maximum absolute atomic E-state index is 14.7. The van der Waals surface area contributed by atoms with Crippen molar-refractivity contribution in [3.05, 3.63) is 40.9 Å². The molecule has 35 heavy (non-hydrogen) atoms. The quantitative estimate of drug-likeness (QED) is 0.415. The van der Waals surface area contributed by atoms with Gasteiger partial charge in [0.05, 0.1) is 16.8 Å². The molecule has 0 bridgehead atoms. The lowest BCUT2D eigenvalue weighted by Crippen LogP contribution is -2.41. The molecule has 0 aliphatic carbocycles. The second-order valence-electron chi connectivity index (χ2n) is 9.19. The number of halogens is 3. The predicted molar refractivity (Wildman–Crippen MR) is 137 cm³/mol. The number of amides is 2. The molecule has 2 amide bonds. The van der Waals surface area contributed by atoms with Gasteiger partial charge in [-0.3, -0.25) is 4.99 Å². The van der Waals surface area contributed by atoms with Crippen LogP contribution < -0.4 is 21.6 Å². The molecule has 3 aliphatic heterocycles. The zero-order valence-electron chi connectivity index (χ0n) is 19.8. The van der Waals surface area contributed by atoms with Crippen molar-refractivity contribution in [2.45, 2.75) is 33.4 Å². The Morgan fingerprint density at radius 3 is 2.77 bits per heavy atom. The van der Waals surface area contributed by atoms with Crippen molar-refractivity contribution in [3.63, 3.8) is 0 Å². The zero-order chi connectivity index (χ0) is 24.6. The molecular weight excluding hydrogens is 496 g/mol. The summed E-state index contributed by atoms with van der Waals surface area (Å²) in [4.78, 5) is 25.2. The fourth-order valence-electron chi connectivity index (χ4n) is 3.69. The first-order valence-corrected chi connectivity index (χ1v) is 11.3. The number of nitrogens with zero attached hydrogens (tertiary/aromatic N) is 4. The van der Waals surface area contributed by atoms with E-state index in [0.29, 0.717) is 24.3 Å². The number of carbonyl (C=O) groups is 1. The molecule has 1 atom stereocenters. The molecule has 0 saturated heterocycles. The van der Waals surface area contributed by atoms with Crippen LogP contribution in [0.5, 0.6) is 0 Å². The molecule has 1 aromatic rings. The number of anilines is 2. The number of aliphatic hydroxyl groups excluding tert-OH is 1. The fourth-order valence-corrected chi connectivity index (χ4v) is 3.94. The SMILES string of the molecule is CN=c1ncc2cc(-c3cc(NC(=O)NCC(O)C(C)(C)C)c(F)cc3Cl)c3n(c-2n1)CCN3.Cl. The third kappa shape index (κ3) is 5.50. The van der Waals surface area contributed by atoms with E-state index in [9.17, 15) is 14.3 Å². The molecule has 0 aromatic heterocycles. The van der Waals surface area contributed by atoms with Crippen LogP contribution in [0.2, 0.25) is 5.02 Å². The van der Waals surface area contributed by atoms with Gasteiger partial charge in [0.2, 0.25) is 5.62 Å². The molecule has 3 heterocycles. The normalized spacial score (nSPS) is 14.2. The van der Waals surface area contributed by atoms with E-state index in [-0.39, 0.29) is 29.7 Å². The van der Waals surface area contributed by atoms with Crippen molar-refractivity contribution in [1.29, 1.82) is 0 Å². The predicted octanol–water partition coefficient (Wildman–Crippen LogP) is 3.75. The van der Waals surface area contributed by atoms with E-state index in [2.05, 4.69) is 30.9 Å². The van der Waals surface area contributed by atoms with Crippen molar-refractivity contribution in [2.75, 3.05) is 30.8 Å². The van der Waals surface area contributed by atoms with E-state index in [4.69, 9.17) is 11.6 Å². The van der Waals surface area contributed by atoms with Gasteiger partial charge in [0, 0.05) is 49.6 Å². The molecule has 3 aliphatic rings. The average Bonchev–Trinajstić information content (AvgIpc) is 3.28. The Kier molecular flexibility index (Phi) is 7.88. The zero-order valence-corrected chi connectivity index (χ0v) is 21.4. The Hall–Kier alpha value is -2.95. The molecule has 12 heteroatoms.